The molecule has 3 atom stereocenters. The first-order valence-electron chi connectivity index (χ1n) is 8.92. The molecule has 3 unspecified atom stereocenters. The molecule has 2 bridgehead atoms. The summed E-state index contributed by atoms with van der Waals surface area (Å²) in [5.74, 6) is 0.810. The second kappa shape index (κ2) is 5.73. The largest absolute Gasteiger partial charge is 0.314 e. The van der Waals surface area contributed by atoms with Gasteiger partial charge < -0.3 is 5.32 Å². The second-order valence-electron chi connectivity index (χ2n) is 7.30. The van der Waals surface area contributed by atoms with Gasteiger partial charge >= 0.3 is 0 Å². The molecule has 1 aromatic carbocycles. The van der Waals surface area contributed by atoms with E-state index in [1.54, 1.807) is 11.1 Å². The SMILES string of the molecule is CCCNC1CC2CCC(C1)N2CC1Cc2ccccc21. The van der Waals surface area contributed by atoms with Crippen molar-refractivity contribution in [2.45, 2.75) is 69.5 Å². The van der Waals surface area contributed by atoms with Gasteiger partial charge in [0.05, 0.1) is 0 Å². The zero-order valence-corrected chi connectivity index (χ0v) is 13.2. The van der Waals surface area contributed by atoms with E-state index in [1.165, 1.54) is 51.6 Å². The van der Waals surface area contributed by atoms with Crippen LogP contribution in [-0.4, -0.2) is 36.1 Å². The Morgan fingerprint density at radius 1 is 1.14 bits per heavy atom. The number of piperidine rings is 1. The van der Waals surface area contributed by atoms with Crippen LogP contribution in [0.4, 0.5) is 0 Å². The van der Waals surface area contributed by atoms with E-state index in [4.69, 9.17) is 0 Å². The van der Waals surface area contributed by atoms with Crippen LogP contribution in [0.1, 0.15) is 56.1 Å². The van der Waals surface area contributed by atoms with Gasteiger partial charge in [0, 0.05) is 30.6 Å². The number of nitrogens with one attached hydrogen (secondary N) is 1. The Bertz CT molecular complexity index is 484. The third-order valence-electron chi connectivity index (χ3n) is 5.96. The van der Waals surface area contributed by atoms with E-state index in [0.717, 1.165) is 24.0 Å². The quantitative estimate of drug-likeness (QED) is 0.892. The molecule has 0 saturated carbocycles. The minimum absolute atomic E-state index is 0.785. The number of benzene rings is 1. The van der Waals surface area contributed by atoms with Crippen molar-refractivity contribution in [2.75, 3.05) is 13.1 Å². The molecule has 3 aliphatic rings. The number of nitrogens with zero attached hydrogens (tertiary/aromatic N) is 1. The summed E-state index contributed by atoms with van der Waals surface area (Å²) < 4.78 is 0. The minimum Gasteiger partial charge on any atom is -0.314 e. The average molecular weight is 284 g/mol. The van der Waals surface area contributed by atoms with Crippen molar-refractivity contribution in [3.63, 3.8) is 0 Å². The van der Waals surface area contributed by atoms with Gasteiger partial charge in [-0.25, -0.2) is 0 Å². The van der Waals surface area contributed by atoms with Crippen molar-refractivity contribution in [1.29, 1.82) is 0 Å². The Hall–Kier alpha value is -0.860. The van der Waals surface area contributed by atoms with Gasteiger partial charge in [0.25, 0.3) is 0 Å². The van der Waals surface area contributed by atoms with Crippen LogP contribution < -0.4 is 5.32 Å². The fourth-order valence-corrected chi connectivity index (χ4v) is 4.87. The van der Waals surface area contributed by atoms with Gasteiger partial charge in [-0.15, -0.1) is 0 Å². The molecule has 0 radical (unpaired) electrons. The lowest BCUT2D eigenvalue weighted by atomic mass is 9.77. The molecule has 2 saturated heterocycles. The minimum atomic E-state index is 0.785. The van der Waals surface area contributed by atoms with E-state index < -0.39 is 0 Å². The molecular weight excluding hydrogens is 256 g/mol. The maximum atomic E-state index is 3.76. The normalized spacial score (nSPS) is 34.5. The summed E-state index contributed by atoms with van der Waals surface area (Å²) in [7, 11) is 0. The summed E-state index contributed by atoms with van der Waals surface area (Å²) in [5.41, 5.74) is 3.22. The molecule has 2 fully saturated rings. The molecule has 0 amide bonds. The predicted octanol–water partition coefficient (Wildman–Crippen LogP) is 3.32. The molecule has 2 heterocycles. The Morgan fingerprint density at radius 3 is 2.62 bits per heavy atom. The van der Waals surface area contributed by atoms with E-state index in [9.17, 15) is 0 Å². The van der Waals surface area contributed by atoms with Gasteiger partial charge in [0.15, 0.2) is 0 Å². The lowest BCUT2D eigenvalue weighted by molar-refractivity contribution is 0.106. The Balaban J connectivity index is 1.38. The number of hydrogen-bond donors (Lipinski definition) is 1. The van der Waals surface area contributed by atoms with E-state index in [1.807, 2.05) is 0 Å². The standard InChI is InChI=1S/C19H28N2/c1-2-9-20-16-11-17-7-8-18(12-16)21(17)13-15-10-14-5-3-4-6-19(14)15/h3-6,15-18,20H,2,7-13H2,1H3. The van der Waals surface area contributed by atoms with Crippen LogP contribution in [0.25, 0.3) is 0 Å². The second-order valence-corrected chi connectivity index (χ2v) is 7.30. The van der Waals surface area contributed by atoms with Gasteiger partial charge in [-0.05, 0) is 56.2 Å². The summed E-state index contributed by atoms with van der Waals surface area (Å²) >= 11 is 0. The molecule has 1 N–H and O–H groups in total. The maximum absolute atomic E-state index is 3.76. The summed E-state index contributed by atoms with van der Waals surface area (Å²) in [5, 5.41) is 3.76. The van der Waals surface area contributed by atoms with Crippen molar-refractivity contribution in [3.05, 3.63) is 35.4 Å². The van der Waals surface area contributed by atoms with Crippen LogP contribution in [-0.2, 0) is 6.42 Å². The zero-order chi connectivity index (χ0) is 14.2. The lowest BCUT2D eigenvalue weighted by Gasteiger charge is -2.43. The van der Waals surface area contributed by atoms with Crippen LogP contribution in [0.5, 0.6) is 0 Å². The summed E-state index contributed by atoms with van der Waals surface area (Å²) in [4.78, 5) is 2.87. The molecule has 2 nitrogen and oxygen atoms in total. The van der Waals surface area contributed by atoms with E-state index in [-0.39, 0.29) is 0 Å². The number of fused-ring (bicyclic) bond motifs is 3. The number of hydrogen-bond acceptors (Lipinski definition) is 2. The van der Waals surface area contributed by atoms with E-state index >= 15 is 0 Å². The monoisotopic (exact) mass is 284 g/mol. The van der Waals surface area contributed by atoms with Gasteiger partial charge in [0.1, 0.15) is 0 Å². The van der Waals surface area contributed by atoms with Crippen LogP contribution in [0.3, 0.4) is 0 Å². The molecule has 114 valence electrons. The summed E-state index contributed by atoms with van der Waals surface area (Å²) in [6.07, 6.45) is 8.19. The molecule has 0 aromatic heterocycles. The Morgan fingerprint density at radius 2 is 1.90 bits per heavy atom. The first kappa shape index (κ1) is 13.8. The Kier molecular flexibility index (Phi) is 3.76. The first-order valence-corrected chi connectivity index (χ1v) is 8.92. The highest BCUT2D eigenvalue weighted by molar-refractivity contribution is 5.40. The molecule has 4 rings (SSSR count). The molecule has 1 aromatic rings. The van der Waals surface area contributed by atoms with Crippen molar-refractivity contribution in [1.82, 2.24) is 10.2 Å². The van der Waals surface area contributed by atoms with Gasteiger partial charge in [-0.3, -0.25) is 4.90 Å². The summed E-state index contributed by atoms with van der Waals surface area (Å²) in [6, 6.07) is 11.5. The van der Waals surface area contributed by atoms with Crippen LogP contribution >= 0.6 is 0 Å². The fourth-order valence-electron chi connectivity index (χ4n) is 4.87. The molecule has 1 aliphatic carbocycles. The summed E-state index contributed by atoms with van der Waals surface area (Å²) in [6.45, 7) is 4.78. The lowest BCUT2D eigenvalue weighted by Crippen LogP contribution is -2.51. The molecule has 0 spiro atoms. The topological polar surface area (TPSA) is 15.3 Å². The van der Waals surface area contributed by atoms with Crippen molar-refractivity contribution < 1.29 is 0 Å². The smallest absolute Gasteiger partial charge is 0.0114 e. The van der Waals surface area contributed by atoms with Crippen molar-refractivity contribution in [2.24, 2.45) is 0 Å². The van der Waals surface area contributed by atoms with Gasteiger partial charge in [-0.1, -0.05) is 31.2 Å². The zero-order valence-electron chi connectivity index (χ0n) is 13.2. The Labute approximate surface area is 128 Å². The molecule has 2 aliphatic heterocycles. The highest BCUT2D eigenvalue weighted by Gasteiger charge is 2.42. The maximum Gasteiger partial charge on any atom is 0.0114 e. The predicted molar refractivity (Wildman–Crippen MR) is 87.7 cm³/mol. The fraction of sp³-hybridized carbons (Fsp3) is 0.684. The third-order valence-corrected chi connectivity index (χ3v) is 5.96. The highest BCUT2D eigenvalue weighted by Crippen LogP contribution is 2.41. The third kappa shape index (κ3) is 2.53. The molecular formula is C19H28N2. The van der Waals surface area contributed by atoms with Gasteiger partial charge in [-0.2, -0.15) is 0 Å². The molecule has 21 heavy (non-hydrogen) atoms. The average Bonchev–Trinajstić information content (AvgIpc) is 2.71. The van der Waals surface area contributed by atoms with Crippen LogP contribution in [0.2, 0.25) is 0 Å². The molecule has 2 heteroatoms. The van der Waals surface area contributed by atoms with E-state index in [0.29, 0.717) is 0 Å². The first-order chi connectivity index (χ1) is 10.3. The van der Waals surface area contributed by atoms with Crippen LogP contribution in [0.15, 0.2) is 24.3 Å². The van der Waals surface area contributed by atoms with Crippen molar-refractivity contribution in [3.8, 4) is 0 Å². The van der Waals surface area contributed by atoms with E-state index in [2.05, 4.69) is 41.4 Å². The van der Waals surface area contributed by atoms with Gasteiger partial charge in [0.2, 0.25) is 0 Å². The van der Waals surface area contributed by atoms with Crippen molar-refractivity contribution >= 4 is 0 Å². The van der Waals surface area contributed by atoms with Crippen LogP contribution in [0, 0.1) is 0 Å². The highest BCUT2D eigenvalue weighted by atomic mass is 15.2. The number of rotatable bonds is 5.